The van der Waals surface area contributed by atoms with Crippen LogP contribution in [0.2, 0.25) is 0 Å². The zero-order valence-electron chi connectivity index (χ0n) is 22.9. The Balaban J connectivity index is 1.97. The molecule has 0 unspecified atom stereocenters. The molecule has 1 atom stereocenters. The van der Waals surface area contributed by atoms with Crippen LogP contribution in [0.3, 0.4) is 0 Å². The third kappa shape index (κ3) is 8.59. The molecule has 0 saturated carbocycles. The molecule has 2 aliphatic heterocycles. The first-order chi connectivity index (χ1) is 18.5. The highest BCUT2D eigenvalue weighted by atomic mass is 127. The summed E-state index contributed by atoms with van der Waals surface area (Å²) in [6, 6.07) is -0.851. The van der Waals surface area contributed by atoms with E-state index >= 15 is 0 Å². The van der Waals surface area contributed by atoms with Gasteiger partial charge in [0.1, 0.15) is 0 Å². The monoisotopic (exact) mass is 899 g/mol. The second-order valence-electron chi connectivity index (χ2n) is 10.2. The largest absolute Gasteiger partial charge is 0.453 e. The average Bonchev–Trinajstić information content (AvgIpc) is 2.84. The number of anilines is 1. The van der Waals surface area contributed by atoms with Crippen LogP contribution in [0.1, 0.15) is 62.3 Å². The molecule has 0 spiro atoms. The SMILES string of the molecule is CC(=O)O[C@@H](C)C(=O)Nc1c(I)c(C(=O)NC2COC(C)(C)OC2)c(I)c(C(=O)NC2COC(C)(C)OC2)c1I. The Morgan fingerprint density at radius 1 is 0.775 bits per heavy atom. The number of carbonyl (C=O) groups excluding carboxylic acids is 4. The second-order valence-corrected chi connectivity index (χ2v) is 13.4. The first-order valence-electron chi connectivity index (χ1n) is 12.4. The van der Waals surface area contributed by atoms with Crippen molar-refractivity contribution in [2.45, 2.75) is 71.3 Å². The molecule has 0 bridgehead atoms. The predicted molar refractivity (Wildman–Crippen MR) is 169 cm³/mol. The minimum atomic E-state index is -1.10. The number of benzene rings is 1. The first-order valence-corrected chi connectivity index (χ1v) is 15.6. The molecule has 15 heteroatoms. The van der Waals surface area contributed by atoms with E-state index in [1.807, 2.05) is 67.8 Å². The van der Waals surface area contributed by atoms with Crippen molar-refractivity contribution < 1.29 is 42.9 Å². The number of esters is 1. The van der Waals surface area contributed by atoms with Crippen molar-refractivity contribution in [1.82, 2.24) is 10.6 Å². The van der Waals surface area contributed by atoms with Gasteiger partial charge in [-0.1, -0.05) is 0 Å². The molecular formula is C25H32I3N3O9. The standard InChI is InChI=1S/C25H32I3N3O9/c1-11(40-12(2)32)21(33)31-20-18(27)15(22(34)29-13-7-36-24(3,4)37-8-13)17(26)16(19(20)28)23(35)30-14-9-38-25(5,6)39-10-14/h11,13-14H,7-10H2,1-6H3,(H,29,34)(H,30,35)(H,31,33)/t11-/m0/s1. The summed E-state index contributed by atoms with van der Waals surface area (Å²) in [6.45, 7) is 10.7. The topological polar surface area (TPSA) is 151 Å². The number of rotatable bonds is 7. The molecule has 2 saturated heterocycles. The smallest absolute Gasteiger partial charge is 0.303 e. The zero-order valence-corrected chi connectivity index (χ0v) is 29.3. The van der Waals surface area contributed by atoms with Crippen LogP contribution in [0.15, 0.2) is 0 Å². The number of ether oxygens (including phenoxy) is 5. The zero-order chi connectivity index (χ0) is 30.0. The van der Waals surface area contributed by atoms with Gasteiger partial charge in [-0.3, -0.25) is 19.2 Å². The minimum absolute atomic E-state index is 0.198. The molecular weight excluding hydrogens is 867 g/mol. The minimum Gasteiger partial charge on any atom is -0.453 e. The van der Waals surface area contributed by atoms with Crippen LogP contribution < -0.4 is 16.0 Å². The number of hydrogen-bond acceptors (Lipinski definition) is 9. The van der Waals surface area contributed by atoms with Gasteiger partial charge < -0.3 is 39.6 Å². The molecule has 3 rings (SSSR count). The number of nitrogens with one attached hydrogen (secondary N) is 3. The van der Waals surface area contributed by atoms with E-state index in [0.717, 1.165) is 0 Å². The maximum Gasteiger partial charge on any atom is 0.303 e. The lowest BCUT2D eigenvalue weighted by Gasteiger charge is -2.35. The van der Waals surface area contributed by atoms with Gasteiger partial charge in [-0.05, 0) is 102 Å². The maximum absolute atomic E-state index is 13.6. The third-order valence-corrected chi connectivity index (χ3v) is 9.17. The van der Waals surface area contributed by atoms with E-state index in [0.29, 0.717) is 10.7 Å². The van der Waals surface area contributed by atoms with Crippen molar-refractivity contribution >= 4 is 97.2 Å². The molecule has 3 amide bonds. The van der Waals surface area contributed by atoms with Crippen LogP contribution in [-0.4, -0.2) is 79.9 Å². The van der Waals surface area contributed by atoms with Crippen molar-refractivity contribution in [3.63, 3.8) is 0 Å². The van der Waals surface area contributed by atoms with Crippen LogP contribution in [-0.2, 0) is 33.3 Å². The fraction of sp³-hybridized carbons (Fsp3) is 0.600. The summed E-state index contributed by atoms with van der Waals surface area (Å²) in [7, 11) is 0. The van der Waals surface area contributed by atoms with E-state index in [9.17, 15) is 19.2 Å². The van der Waals surface area contributed by atoms with Gasteiger partial charge in [-0.25, -0.2) is 0 Å². The number of hydrogen-bond donors (Lipinski definition) is 3. The second kappa shape index (κ2) is 13.6. The molecule has 0 aliphatic carbocycles. The lowest BCUT2D eigenvalue weighted by molar-refractivity contribution is -0.252. The lowest BCUT2D eigenvalue weighted by Crippen LogP contribution is -2.51. The van der Waals surface area contributed by atoms with Crippen LogP contribution in [0.5, 0.6) is 0 Å². The fourth-order valence-electron chi connectivity index (χ4n) is 3.77. The first kappa shape index (κ1) is 33.6. The highest BCUT2D eigenvalue weighted by Crippen LogP contribution is 2.36. The lowest BCUT2D eigenvalue weighted by atomic mass is 10.1. The Kier molecular flexibility index (Phi) is 11.4. The summed E-state index contributed by atoms with van der Waals surface area (Å²) in [5.74, 6) is -3.67. The summed E-state index contributed by atoms with van der Waals surface area (Å²) in [5, 5.41) is 8.55. The van der Waals surface area contributed by atoms with Gasteiger partial charge in [-0.15, -0.1) is 0 Å². The number of amides is 3. The van der Waals surface area contributed by atoms with Crippen LogP contribution in [0, 0.1) is 10.7 Å². The summed E-state index contributed by atoms with van der Waals surface area (Å²) in [6.07, 6.45) is -1.10. The molecule has 12 nitrogen and oxygen atoms in total. The van der Waals surface area contributed by atoms with Crippen molar-refractivity contribution in [2.24, 2.45) is 0 Å². The molecule has 3 N–H and O–H groups in total. The highest BCUT2D eigenvalue weighted by Gasteiger charge is 2.35. The Bertz CT molecular complexity index is 1100. The molecule has 0 aromatic heterocycles. The van der Waals surface area contributed by atoms with Gasteiger partial charge in [0.2, 0.25) is 0 Å². The Morgan fingerprint density at radius 2 is 1.15 bits per heavy atom. The van der Waals surface area contributed by atoms with Crippen LogP contribution in [0.4, 0.5) is 5.69 Å². The Morgan fingerprint density at radius 3 is 1.50 bits per heavy atom. The quantitative estimate of drug-likeness (QED) is 0.277. The number of halogens is 3. The van der Waals surface area contributed by atoms with Gasteiger partial charge >= 0.3 is 5.97 Å². The molecule has 0 radical (unpaired) electrons. The predicted octanol–water partition coefficient (Wildman–Crippen LogP) is 3.15. The van der Waals surface area contributed by atoms with Crippen molar-refractivity contribution in [1.29, 1.82) is 0 Å². The Labute approximate surface area is 273 Å². The van der Waals surface area contributed by atoms with Crippen molar-refractivity contribution in [3.8, 4) is 0 Å². The summed E-state index contributed by atoms with van der Waals surface area (Å²) in [5.41, 5.74) is 0.643. The molecule has 40 heavy (non-hydrogen) atoms. The molecule has 1 aromatic rings. The van der Waals surface area contributed by atoms with Crippen molar-refractivity contribution in [2.75, 3.05) is 31.7 Å². The summed E-state index contributed by atoms with van der Waals surface area (Å²) < 4.78 is 28.9. The van der Waals surface area contributed by atoms with E-state index in [1.165, 1.54) is 13.8 Å². The summed E-state index contributed by atoms with van der Waals surface area (Å²) in [4.78, 5) is 51.5. The maximum atomic E-state index is 13.6. The van der Waals surface area contributed by atoms with E-state index in [2.05, 4.69) is 16.0 Å². The third-order valence-electron chi connectivity index (χ3n) is 5.93. The number of carbonyl (C=O) groups is 4. The fourth-order valence-corrected chi connectivity index (χ4v) is 8.18. The molecule has 222 valence electrons. The van der Waals surface area contributed by atoms with Gasteiger partial charge in [0, 0.05) is 10.5 Å². The van der Waals surface area contributed by atoms with Gasteiger partial charge in [0.15, 0.2) is 17.7 Å². The van der Waals surface area contributed by atoms with E-state index < -0.39 is 53.5 Å². The highest BCUT2D eigenvalue weighted by molar-refractivity contribution is 14.1. The average molecular weight is 899 g/mol. The van der Waals surface area contributed by atoms with E-state index in [4.69, 9.17) is 23.7 Å². The molecule has 2 fully saturated rings. The van der Waals surface area contributed by atoms with Crippen LogP contribution >= 0.6 is 67.8 Å². The van der Waals surface area contributed by atoms with Crippen molar-refractivity contribution in [3.05, 3.63) is 21.8 Å². The normalized spacial score (nSPS) is 19.8. The van der Waals surface area contributed by atoms with E-state index in [-0.39, 0.29) is 43.2 Å². The van der Waals surface area contributed by atoms with Crippen LogP contribution in [0.25, 0.3) is 0 Å². The Hall–Kier alpha value is -0.870. The molecule has 2 heterocycles. The molecule has 2 aliphatic rings. The molecule has 1 aromatic carbocycles. The van der Waals surface area contributed by atoms with Gasteiger partial charge in [0.05, 0.1) is 62.5 Å². The van der Waals surface area contributed by atoms with Gasteiger partial charge in [-0.2, -0.15) is 0 Å². The van der Waals surface area contributed by atoms with E-state index in [1.54, 1.807) is 27.7 Å². The van der Waals surface area contributed by atoms with Gasteiger partial charge in [0.25, 0.3) is 17.7 Å². The summed E-state index contributed by atoms with van der Waals surface area (Å²) >= 11 is 5.89.